The number of aromatic nitrogens is 2. The molecule has 3 aromatic rings. The molecule has 0 spiro atoms. The first-order valence-corrected chi connectivity index (χ1v) is 10.4. The zero-order valence-corrected chi connectivity index (χ0v) is 18.7. The Morgan fingerprint density at radius 2 is 1.79 bits per heavy atom. The number of alkyl halides is 3. The predicted octanol–water partition coefficient (Wildman–Crippen LogP) is 5.45. The van der Waals surface area contributed by atoms with Crippen LogP contribution in [0, 0.1) is 11.7 Å². The van der Waals surface area contributed by atoms with Gasteiger partial charge in [0.15, 0.2) is 11.4 Å². The maximum absolute atomic E-state index is 14.1. The van der Waals surface area contributed by atoms with E-state index in [0.717, 1.165) is 18.2 Å². The lowest BCUT2D eigenvalue weighted by atomic mass is 9.73. The number of halogens is 4. The highest BCUT2D eigenvalue weighted by Gasteiger charge is 2.56. The summed E-state index contributed by atoms with van der Waals surface area (Å²) in [7, 11) is 0. The summed E-state index contributed by atoms with van der Waals surface area (Å²) < 4.78 is 55.9. The van der Waals surface area contributed by atoms with Crippen molar-refractivity contribution in [2.75, 3.05) is 0 Å². The van der Waals surface area contributed by atoms with Gasteiger partial charge in [0.2, 0.25) is 0 Å². The van der Waals surface area contributed by atoms with Crippen LogP contribution in [0.15, 0.2) is 36.4 Å². The van der Waals surface area contributed by atoms with Gasteiger partial charge in [-0.2, -0.15) is 13.2 Å². The second-order valence-corrected chi connectivity index (χ2v) is 9.37. The average molecular weight is 466 g/mol. The molecular formula is C24H26F4N2O3. The predicted molar refractivity (Wildman–Crippen MR) is 116 cm³/mol. The quantitative estimate of drug-likeness (QED) is 0.319. The lowest BCUT2D eigenvalue weighted by Gasteiger charge is -2.38. The zero-order chi connectivity index (χ0) is 24.8. The van der Waals surface area contributed by atoms with Crippen LogP contribution < -0.4 is 0 Å². The van der Waals surface area contributed by atoms with E-state index in [1.165, 1.54) is 26.0 Å². The lowest BCUT2D eigenvalue weighted by Crippen LogP contribution is -2.50. The maximum atomic E-state index is 14.1. The monoisotopic (exact) mass is 466 g/mol. The number of nitrogens with one attached hydrogen (secondary N) is 1. The Balaban J connectivity index is 1.97. The zero-order valence-electron chi connectivity index (χ0n) is 18.7. The Hall–Kier alpha value is -2.94. The van der Waals surface area contributed by atoms with Gasteiger partial charge in [-0.3, -0.25) is 4.79 Å². The van der Waals surface area contributed by atoms with Crippen LogP contribution in [-0.4, -0.2) is 37.7 Å². The van der Waals surface area contributed by atoms with Gasteiger partial charge in [0.1, 0.15) is 17.3 Å². The SMILES string of the molecule is CC(C)C(=O)c1ccc2[nH]c(CC(O)(CC(C)(C)c3cc(F)ccc3O)C(F)(F)F)cc2n1. The lowest BCUT2D eigenvalue weighted by molar-refractivity contribution is -0.266. The van der Waals surface area contributed by atoms with Crippen molar-refractivity contribution in [3.05, 3.63) is 59.2 Å². The molecule has 0 aliphatic rings. The molecule has 9 heteroatoms. The van der Waals surface area contributed by atoms with Crippen molar-refractivity contribution in [3.8, 4) is 5.75 Å². The van der Waals surface area contributed by atoms with Crippen molar-refractivity contribution in [1.29, 1.82) is 0 Å². The molecule has 0 saturated heterocycles. The smallest absolute Gasteiger partial charge is 0.417 e. The number of ketones is 1. The number of carbonyl (C=O) groups excluding carboxylic acids is 1. The summed E-state index contributed by atoms with van der Waals surface area (Å²) in [6, 6.07) is 7.46. The first-order chi connectivity index (χ1) is 15.1. The van der Waals surface area contributed by atoms with E-state index in [9.17, 15) is 32.6 Å². The number of pyridine rings is 1. The van der Waals surface area contributed by atoms with Gasteiger partial charge in [0, 0.05) is 23.6 Å². The van der Waals surface area contributed by atoms with Crippen LogP contribution in [0.2, 0.25) is 0 Å². The molecule has 0 aliphatic carbocycles. The minimum atomic E-state index is -5.02. The minimum absolute atomic E-state index is 0.0414. The number of aliphatic hydroxyl groups is 1. The van der Waals surface area contributed by atoms with Gasteiger partial charge < -0.3 is 15.2 Å². The second kappa shape index (κ2) is 8.44. The number of hydrogen-bond acceptors (Lipinski definition) is 4. The number of H-pyrrole nitrogens is 1. The standard InChI is InChI=1S/C24H26F4N2O3/c1-13(2)21(32)18-7-6-17-19(30-18)10-15(29-17)11-23(33,24(26,27)28)12-22(3,4)16-9-14(25)5-8-20(16)31/h5-10,13,29,31,33H,11-12H2,1-4H3. The normalized spacial score (nSPS) is 14.6. The largest absolute Gasteiger partial charge is 0.508 e. The molecule has 0 radical (unpaired) electrons. The topological polar surface area (TPSA) is 86.2 Å². The fraction of sp³-hybridized carbons (Fsp3) is 0.417. The highest BCUT2D eigenvalue weighted by molar-refractivity contribution is 5.97. The van der Waals surface area contributed by atoms with Crippen molar-refractivity contribution >= 4 is 16.8 Å². The van der Waals surface area contributed by atoms with Crippen LogP contribution in [0.4, 0.5) is 17.6 Å². The number of aromatic amines is 1. The number of fused-ring (bicyclic) bond motifs is 1. The van der Waals surface area contributed by atoms with Crippen molar-refractivity contribution in [3.63, 3.8) is 0 Å². The summed E-state index contributed by atoms with van der Waals surface area (Å²) in [6.45, 7) is 6.24. The van der Waals surface area contributed by atoms with Crippen LogP contribution in [-0.2, 0) is 11.8 Å². The summed E-state index contributed by atoms with van der Waals surface area (Å²) in [5, 5.41) is 20.9. The Morgan fingerprint density at radius 3 is 2.39 bits per heavy atom. The molecule has 3 rings (SSSR count). The fourth-order valence-electron chi connectivity index (χ4n) is 4.05. The Kier molecular flexibility index (Phi) is 6.32. The molecule has 1 unspecified atom stereocenters. The van der Waals surface area contributed by atoms with Gasteiger partial charge in [0.05, 0.1) is 11.0 Å². The van der Waals surface area contributed by atoms with Crippen LogP contribution in [0.3, 0.4) is 0 Å². The average Bonchev–Trinajstić information content (AvgIpc) is 3.08. The third-order valence-corrected chi connectivity index (χ3v) is 5.74. The van der Waals surface area contributed by atoms with E-state index in [0.29, 0.717) is 11.0 Å². The summed E-state index contributed by atoms with van der Waals surface area (Å²) in [5.74, 6) is -1.55. The maximum Gasteiger partial charge on any atom is 0.417 e. The number of benzene rings is 1. The molecule has 0 aliphatic heterocycles. The van der Waals surface area contributed by atoms with E-state index >= 15 is 0 Å². The van der Waals surface area contributed by atoms with Crippen molar-refractivity contribution in [2.45, 2.75) is 57.7 Å². The molecule has 2 heterocycles. The minimum Gasteiger partial charge on any atom is -0.508 e. The summed E-state index contributed by atoms with van der Waals surface area (Å²) in [4.78, 5) is 19.2. The number of aromatic hydroxyl groups is 1. The van der Waals surface area contributed by atoms with E-state index in [4.69, 9.17) is 0 Å². The molecule has 0 amide bonds. The van der Waals surface area contributed by atoms with Gasteiger partial charge in [0.25, 0.3) is 0 Å². The molecule has 3 N–H and O–H groups in total. The first-order valence-electron chi connectivity index (χ1n) is 10.4. The Morgan fingerprint density at radius 1 is 1.12 bits per heavy atom. The van der Waals surface area contributed by atoms with Gasteiger partial charge in [-0.1, -0.05) is 27.7 Å². The van der Waals surface area contributed by atoms with Gasteiger partial charge in [-0.05, 0) is 48.2 Å². The number of phenolic OH excluding ortho intramolecular Hbond substituents is 1. The highest BCUT2D eigenvalue weighted by Crippen LogP contribution is 2.45. The molecule has 0 saturated carbocycles. The number of rotatable bonds is 7. The molecule has 0 fully saturated rings. The number of phenols is 1. The second-order valence-electron chi connectivity index (χ2n) is 9.37. The summed E-state index contributed by atoms with van der Waals surface area (Å²) >= 11 is 0. The fourth-order valence-corrected chi connectivity index (χ4v) is 4.05. The van der Waals surface area contributed by atoms with Gasteiger partial charge in [-0.15, -0.1) is 0 Å². The van der Waals surface area contributed by atoms with E-state index in [1.54, 1.807) is 19.9 Å². The van der Waals surface area contributed by atoms with E-state index in [1.807, 2.05) is 0 Å². The molecule has 5 nitrogen and oxygen atoms in total. The van der Waals surface area contributed by atoms with Crippen LogP contribution in [0.5, 0.6) is 5.75 Å². The van der Waals surface area contributed by atoms with Crippen molar-refractivity contribution in [2.24, 2.45) is 5.92 Å². The number of nitrogens with zero attached hydrogens (tertiary/aromatic N) is 1. The van der Waals surface area contributed by atoms with E-state index in [2.05, 4.69) is 9.97 Å². The molecule has 1 aromatic carbocycles. The summed E-state index contributed by atoms with van der Waals surface area (Å²) in [5.41, 5.74) is -3.63. The molecule has 33 heavy (non-hydrogen) atoms. The molecule has 178 valence electrons. The number of hydrogen-bond donors (Lipinski definition) is 3. The van der Waals surface area contributed by atoms with Gasteiger partial charge in [-0.25, -0.2) is 9.37 Å². The van der Waals surface area contributed by atoms with Gasteiger partial charge >= 0.3 is 6.18 Å². The molecule has 0 bridgehead atoms. The van der Waals surface area contributed by atoms with Crippen molar-refractivity contribution in [1.82, 2.24) is 9.97 Å². The number of carbonyl (C=O) groups is 1. The van der Waals surface area contributed by atoms with Crippen molar-refractivity contribution < 1.29 is 32.6 Å². The third kappa shape index (κ3) is 5.03. The molecule has 2 aromatic heterocycles. The van der Waals surface area contributed by atoms with E-state index in [-0.39, 0.29) is 34.4 Å². The Bertz CT molecular complexity index is 1180. The van der Waals surface area contributed by atoms with Crippen LogP contribution >= 0.6 is 0 Å². The van der Waals surface area contributed by atoms with Crippen LogP contribution in [0.1, 0.15) is 55.9 Å². The van der Waals surface area contributed by atoms with E-state index < -0.39 is 35.9 Å². The third-order valence-electron chi connectivity index (χ3n) is 5.74. The molecular weight excluding hydrogens is 440 g/mol. The van der Waals surface area contributed by atoms with Crippen LogP contribution in [0.25, 0.3) is 11.0 Å². The molecule has 1 atom stereocenters. The highest BCUT2D eigenvalue weighted by atomic mass is 19.4. The number of Topliss-reactive ketones (excluding diaryl/α,β-unsaturated/α-hetero) is 1. The Labute approximate surface area is 188 Å². The summed E-state index contributed by atoms with van der Waals surface area (Å²) in [6.07, 6.45) is -6.67. The first kappa shape index (κ1) is 24.7.